The fraction of sp³-hybridized carbons (Fsp3) is 0.455. The minimum Gasteiger partial charge on any atom is -0.508 e. The summed E-state index contributed by atoms with van der Waals surface area (Å²) in [6.45, 7) is 13.2. The fourth-order valence-electron chi connectivity index (χ4n) is 3.31. The maximum absolute atomic E-state index is 9.89. The van der Waals surface area contributed by atoms with Crippen LogP contribution in [0.15, 0.2) is 36.4 Å². The molecule has 0 amide bonds. The first-order chi connectivity index (χ1) is 11.0. The van der Waals surface area contributed by atoms with E-state index in [4.69, 9.17) is 0 Å². The first-order valence-electron chi connectivity index (χ1n) is 8.63. The summed E-state index contributed by atoms with van der Waals surface area (Å²) in [5, 5.41) is 19.8. The van der Waals surface area contributed by atoms with Gasteiger partial charge in [0, 0.05) is 0 Å². The Morgan fingerprint density at radius 1 is 0.625 bits per heavy atom. The van der Waals surface area contributed by atoms with E-state index in [1.807, 2.05) is 24.3 Å². The van der Waals surface area contributed by atoms with Gasteiger partial charge in [0.2, 0.25) is 0 Å². The van der Waals surface area contributed by atoms with Crippen molar-refractivity contribution in [3.8, 4) is 11.5 Å². The summed E-state index contributed by atoms with van der Waals surface area (Å²) < 4.78 is 0. The molecule has 130 valence electrons. The van der Waals surface area contributed by atoms with Crippen molar-refractivity contribution in [1.82, 2.24) is 0 Å². The van der Waals surface area contributed by atoms with Crippen LogP contribution >= 0.6 is 0 Å². The number of aromatic hydroxyl groups is 2. The Kier molecular flexibility index (Phi) is 4.98. The average Bonchev–Trinajstić information content (AvgIpc) is 2.42. The molecule has 0 aliphatic carbocycles. The third kappa shape index (κ3) is 4.31. The quantitative estimate of drug-likeness (QED) is 0.784. The molecule has 0 radical (unpaired) electrons. The fourth-order valence-corrected chi connectivity index (χ4v) is 3.31. The summed E-state index contributed by atoms with van der Waals surface area (Å²) in [4.78, 5) is 0. The van der Waals surface area contributed by atoms with Crippen LogP contribution in [0.4, 0.5) is 0 Å². The molecule has 2 nitrogen and oxygen atoms in total. The molecule has 0 unspecified atom stereocenters. The summed E-state index contributed by atoms with van der Waals surface area (Å²) >= 11 is 0. The molecule has 2 rings (SSSR count). The standard InChI is InChI=1S/C22H30O2/c1-21(2,3)19-11-9-17(23)13-15(19)7-8-16-14-18(24)10-12-20(16)22(4,5)6/h9-14,23-24H,7-8H2,1-6H3. The Labute approximate surface area is 146 Å². The minimum absolute atomic E-state index is 0.0364. The van der Waals surface area contributed by atoms with E-state index in [2.05, 4.69) is 41.5 Å². The van der Waals surface area contributed by atoms with E-state index in [1.54, 1.807) is 12.1 Å². The molecule has 24 heavy (non-hydrogen) atoms. The van der Waals surface area contributed by atoms with Crippen LogP contribution in [0.2, 0.25) is 0 Å². The predicted octanol–water partition coefficient (Wildman–Crippen LogP) is 5.48. The van der Waals surface area contributed by atoms with Crippen LogP contribution < -0.4 is 0 Å². The van der Waals surface area contributed by atoms with Gasteiger partial charge in [-0.3, -0.25) is 0 Å². The zero-order valence-corrected chi connectivity index (χ0v) is 15.8. The molecule has 0 atom stereocenters. The molecule has 0 aliphatic heterocycles. The van der Waals surface area contributed by atoms with Crippen LogP contribution in [0.3, 0.4) is 0 Å². The van der Waals surface area contributed by atoms with Crippen molar-refractivity contribution in [2.75, 3.05) is 0 Å². The first-order valence-corrected chi connectivity index (χ1v) is 8.63. The molecule has 2 heteroatoms. The highest BCUT2D eigenvalue weighted by Crippen LogP contribution is 2.32. The minimum atomic E-state index is 0.0364. The number of phenols is 2. The highest BCUT2D eigenvalue weighted by Gasteiger charge is 2.21. The molecule has 0 saturated heterocycles. The number of aryl methyl sites for hydroxylation is 2. The van der Waals surface area contributed by atoms with Crippen molar-refractivity contribution in [2.24, 2.45) is 0 Å². The van der Waals surface area contributed by atoms with Crippen LogP contribution in [-0.4, -0.2) is 10.2 Å². The Morgan fingerprint density at radius 3 is 1.25 bits per heavy atom. The van der Waals surface area contributed by atoms with Gasteiger partial charge in [-0.2, -0.15) is 0 Å². The van der Waals surface area contributed by atoms with E-state index < -0.39 is 0 Å². The van der Waals surface area contributed by atoms with Crippen molar-refractivity contribution >= 4 is 0 Å². The van der Waals surface area contributed by atoms with Crippen LogP contribution in [0.1, 0.15) is 63.8 Å². The molecule has 2 aromatic rings. The number of hydrogen-bond donors (Lipinski definition) is 2. The molecule has 2 aromatic carbocycles. The van der Waals surface area contributed by atoms with Gasteiger partial charge in [-0.25, -0.2) is 0 Å². The normalized spacial score (nSPS) is 12.4. The lowest BCUT2D eigenvalue weighted by Crippen LogP contribution is -2.16. The van der Waals surface area contributed by atoms with Crippen molar-refractivity contribution < 1.29 is 10.2 Å². The molecular weight excluding hydrogens is 296 g/mol. The van der Waals surface area contributed by atoms with Gasteiger partial charge in [-0.05, 0) is 70.2 Å². The van der Waals surface area contributed by atoms with Crippen LogP contribution in [-0.2, 0) is 23.7 Å². The van der Waals surface area contributed by atoms with Gasteiger partial charge in [-0.15, -0.1) is 0 Å². The summed E-state index contributed by atoms with van der Waals surface area (Å²) in [7, 11) is 0. The summed E-state index contributed by atoms with van der Waals surface area (Å²) in [5.41, 5.74) is 4.94. The Morgan fingerprint density at radius 2 is 0.958 bits per heavy atom. The average molecular weight is 326 g/mol. The van der Waals surface area contributed by atoms with Gasteiger partial charge in [0.1, 0.15) is 11.5 Å². The Balaban J connectivity index is 2.36. The third-order valence-corrected chi connectivity index (χ3v) is 4.46. The zero-order chi connectivity index (χ0) is 18.1. The smallest absolute Gasteiger partial charge is 0.115 e. The van der Waals surface area contributed by atoms with E-state index in [0.29, 0.717) is 11.5 Å². The highest BCUT2D eigenvalue weighted by molar-refractivity contribution is 5.42. The molecule has 0 bridgehead atoms. The van der Waals surface area contributed by atoms with Gasteiger partial charge in [-0.1, -0.05) is 53.7 Å². The van der Waals surface area contributed by atoms with E-state index in [9.17, 15) is 10.2 Å². The van der Waals surface area contributed by atoms with Gasteiger partial charge in [0.15, 0.2) is 0 Å². The van der Waals surface area contributed by atoms with Crippen molar-refractivity contribution in [3.63, 3.8) is 0 Å². The monoisotopic (exact) mass is 326 g/mol. The van der Waals surface area contributed by atoms with Crippen LogP contribution in [0.5, 0.6) is 11.5 Å². The summed E-state index contributed by atoms with van der Waals surface area (Å²) in [6.07, 6.45) is 1.68. The molecule has 0 fully saturated rings. The number of phenolic OH excluding ortho intramolecular Hbond substituents is 2. The molecule has 0 saturated carbocycles. The lowest BCUT2D eigenvalue weighted by molar-refractivity contribution is 0.471. The molecule has 0 spiro atoms. The van der Waals surface area contributed by atoms with Crippen LogP contribution in [0, 0.1) is 0 Å². The second-order valence-corrected chi connectivity index (χ2v) is 8.68. The van der Waals surface area contributed by atoms with E-state index in [1.165, 1.54) is 22.3 Å². The number of hydrogen-bond acceptors (Lipinski definition) is 2. The Bertz CT molecular complexity index is 652. The molecule has 0 heterocycles. The summed E-state index contributed by atoms with van der Waals surface area (Å²) in [6, 6.07) is 11.3. The van der Waals surface area contributed by atoms with Crippen LogP contribution in [0.25, 0.3) is 0 Å². The largest absolute Gasteiger partial charge is 0.508 e. The van der Waals surface area contributed by atoms with Crippen molar-refractivity contribution in [1.29, 1.82) is 0 Å². The molecule has 0 aliphatic rings. The maximum Gasteiger partial charge on any atom is 0.115 e. The topological polar surface area (TPSA) is 40.5 Å². The van der Waals surface area contributed by atoms with E-state index in [0.717, 1.165) is 12.8 Å². The van der Waals surface area contributed by atoms with E-state index in [-0.39, 0.29) is 10.8 Å². The summed E-state index contributed by atoms with van der Waals surface area (Å²) in [5.74, 6) is 0.620. The third-order valence-electron chi connectivity index (χ3n) is 4.46. The van der Waals surface area contributed by atoms with Crippen molar-refractivity contribution in [3.05, 3.63) is 58.7 Å². The Hall–Kier alpha value is -1.96. The second-order valence-electron chi connectivity index (χ2n) is 8.68. The molecule has 0 aromatic heterocycles. The second kappa shape index (κ2) is 6.51. The van der Waals surface area contributed by atoms with Crippen molar-refractivity contribution in [2.45, 2.75) is 65.2 Å². The molecular formula is C22H30O2. The van der Waals surface area contributed by atoms with E-state index >= 15 is 0 Å². The van der Waals surface area contributed by atoms with Gasteiger partial charge in [0.05, 0.1) is 0 Å². The maximum atomic E-state index is 9.89. The van der Waals surface area contributed by atoms with Gasteiger partial charge < -0.3 is 10.2 Å². The van der Waals surface area contributed by atoms with Gasteiger partial charge in [0.25, 0.3) is 0 Å². The number of benzene rings is 2. The van der Waals surface area contributed by atoms with Gasteiger partial charge >= 0.3 is 0 Å². The lowest BCUT2D eigenvalue weighted by Gasteiger charge is -2.25. The SMILES string of the molecule is CC(C)(C)c1ccc(O)cc1CCc1cc(O)ccc1C(C)(C)C. The highest BCUT2D eigenvalue weighted by atomic mass is 16.3. The lowest BCUT2D eigenvalue weighted by atomic mass is 9.80. The number of rotatable bonds is 3. The zero-order valence-electron chi connectivity index (χ0n) is 15.8. The first kappa shape index (κ1) is 18.4. The molecule has 2 N–H and O–H groups in total. The predicted molar refractivity (Wildman–Crippen MR) is 101 cm³/mol.